The van der Waals surface area contributed by atoms with Gasteiger partial charge in [0.05, 0.1) is 0 Å². The summed E-state index contributed by atoms with van der Waals surface area (Å²) in [6, 6.07) is 0. The first-order valence-corrected chi connectivity index (χ1v) is 10.3. The van der Waals surface area contributed by atoms with Crippen molar-refractivity contribution >= 4 is 0 Å². The van der Waals surface area contributed by atoms with Gasteiger partial charge in [0.1, 0.15) is 0 Å². The lowest BCUT2D eigenvalue weighted by Crippen LogP contribution is -2.15. The molecule has 0 amide bonds. The van der Waals surface area contributed by atoms with E-state index in [9.17, 15) is 0 Å². The molecule has 0 atom stereocenters. The molecule has 0 aliphatic heterocycles. The topological polar surface area (TPSA) is 12.0 Å². The second kappa shape index (κ2) is 20.7. The summed E-state index contributed by atoms with van der Waals surface area (Å²) >= 11 is 0. The van der Waals surface area contributed by atoms with E-state index in [0.29, 0.717) is 0 Å². The van der Waals surface area contributed by atoms with Crippen molar-refractivity contribution in [2.24, 2.45) is 0 Å². The zero-order valence-corrected chi connectivity index (χ0v) is 15.7. The maximum Gasteiger partial charge on any atom is -0.00489 e. The van der Waals surface area contributed by atoms with Gasteiger partial charge in [-0.1, -0.05) is 83.8 Å². The molecule has 0 saturated heterocycles. The van der Waals surface area contributed by atoms with Crippen LogP contribution in [0.3, 0.4) is 0 Å². The van der Waals surface area contributed by atoms with E-state index in [1.807, 2.05) is 0 Å². The fourth-order valence-electron chi connectivity index (χ4n) is 2.80. The van der Waals surface area contributed by atoms with Crippen molar-refractivity contribution < 1.29 is 0 Å². The minimum atomic E-state index is 1.19. The molecule has 0 aromatic carbocycles. The second-order valence-corrected chi connectivity index (χ2v) is 6.69. The van der Waals surface area contributed by atoms with Gasteiger partial charge in [0.15, 0.2) is 0 Å². The highest BCUT2D eigenvalue weighted by molar-refractivity contribution is 4.81. The quantitative estimate of drug-likeness (QED) is 0.212. The lowest BCUT2D eigenvalue weighted by molar-refractivity contribution is 0.565. The van der Waals surface area contributed by atoms with Gasteiger partial charge >= 0.3 is 0 Å². The first kappa shape index (κ1) is 21.7. The molecular weight excluding hydrogens is 266 g/mol. The normalized spacial score (nSPS) is 11.5. The number of hydrogen-bond acceptors (Lipinski definition) is 1. The van der Waals surface area contributed by atoms with Gasteiger partial charge in [0.2, 0.25) is 0 Å². The van der Waals surface area contributed by atoms with Gasteiger partial charge in [-0.3, -0.25) is 0 Å². The highest BCUT2D eigenvalue weighted by Gasteiger charge is 1.91. The maximum absolute atomic E-state index is 3.48. The predicted molar refractivity (Wildman–Crippen MR) is 103 cm³/mol. The average molecular weight is 310 g/mol. The van der Waals surface area contributed by atoms with E-state index in [0.717, 1.165) is 0 Å². The zero-order valence-electron chi connectivity index (χ0n) is 15.7. The third-order valence-corrected chi connectivity index (χ3v) is 4.29. The molecule has 0 rings (SSSR count). The molecule has 1 heteroatoms. The molecule has 0 spiro atoms. The van der Waals surface area contributed by atoms with E-state index in [1.165, 1.54) is 109 Å². The molecule has 1 N–H and O–H groups in total. The molecule has 0 aliphatic rings. The first-order chi connectivity index (χ1) is 10.9. The summed E-state index contributed by atoms with van der Waals surface area (Å²) in [5.74, 6) is 0. The summed E-state index contributed by atoms with van der Waals surface area (Å²) < 4.78 is 0. The van der Waals surface area contributed by atoms with E-state index >= 15 is 0 Å². The summed E-state index contributed by atoms with van der Waals surface area (Å²) in [6.45, 7) is 6.92. The van der Waals surface area contributed by atoms with Gasteiger partial charge in [0.25, 0.3) is 0 Å². The van der Waals surface area contributed by atoms with Crippen LogP contribution in [0.1, 0.15) is 110 Å². The number of allylic oxidation sites excluding steroid dienone is 2. The number of nitrogens with one attached hydrogen (secondary N) is 1. The van der Waals surface area contributed by atoms with Crippen LogP contribution in [0.25, 0.3) is 0 Å². The van der Waals surface area contributed by atoms with Crippen molar-refractivity contribution in [3.8, 4) is 0 Å². The van der Waals surface area contributed by atoms with E-state index in [2.05, 4.69) is 31.3 Å². The minimum Gasteiger partial charge on any atom is -0.317 e. The van der Waals surface area contributed by atoms with Crippen molar-refractivity contribution in [1.82, 2.24) is 5.32 Å². The molecular formula is C21H43N. The van der Waals surface area contributed by atoms with Crippen molar-refractivity contribution in [3.63, 3.8) is 0 Å². The fourth-order valence-corrected chi connectivity index (χ4v) is 2.80. The van der Waals surface area contributed by atoms with E-state index in [1.54, 1.807) is 0 Å². The molecule has 0 fully saturated rings. The van der Waals surface area contributed by atoms with Gasteiger partial charge < -0.3 is 5.32 Å². The second-order valence-electron chi connectivity index (χ2n) is 6.69. The van der Waals surface area contributed by atoms with Gasteiger partial charge in [-0.15, -0.1) is 0 Å². The Kier molecular flexibility index (Phi) is 20.4. The Hall–Kier alpha value is -0.300. The molecule has 132 valence electrons. The van der Waals surface area contributed by atoms with Crippen molar-refractivity contribution in [2.45, 2.75) is 110 Å². The molecule has 0 unspecified atom stereocenters. The summed E-state index contributed by atoms with van der Waals surface area (Å²) in [5, 5.41) is 3.48. The van der Waals surface area contributed by atoms with Crippen LogP contribution < -0.4 is 5.32 Å². The lowest BCUT2D eigenvalue weighted by atomic mass is 10.1. The summed E-state index contributed by atoms with van der Waals surface area (Å²) in [4.78, 5) is 0. The van der Waals surface area contributed by atoms with Crippen LogP contribution in [0.5, 0.6) is 0 Å². The van der Waals surface area contributed by atoms with Gasteiger partial charge in [-0.2, -0.15) is 0 Å². The molecule has 0 saturated carbocycles. The smallest absolute Gasteiger partial charge is 0.00489 e. The molecule has 1 nitrogen and oxygen atoms in total. The Morgan fingerprint density at radius 1 is 0.500 bits per heavy atom. The third-order valence-electron chi connectivity index (χ3n) is 4.29. The van der Waals surface area contributed by atoms with E-state index in [4.69, 9.17) is 0 Å². The molecule has 22 heavy (non-hydrogen) atoms. The maximum atomic E-state index is 3.48. The Morgan fingerprint density at radius 2 is 1.00 bits per heavy atom. The fraction of sp³-hybridized carbons (Fsp3) is 0.905. The zero-order chi connectivity index (χ0) is 16.1. The molecule has 0 radical (unpaired) electrons. The Labute approximate surface area is 141 Å². The summed E-state index contributed by atoms with van der Waals surface area (Å²) in [5.41, 5.74) is 0. The minimum absolute atomic E-state index is 1.19. The largest absolute Gasteiger partial charge is 0.317 e. The standard InChI is InChI=1S/C21H43N/c1-3-5-6-7-8-9-10-11-12-13-14-15-16-17-18-19-21-22-20-4-2/h11-12,22H,3-10,13-21H2,1-2H3/b12-11-. The van der Waals surface area contributed by atoms with E-state index in [-0.39, 0.29) is 0 Å². The molecule has 0 aromatic rings. The first-order valence-electron chi connectivity index (χ1n) is 10.3. The third kappa shape index (κ3) is 19.7. The average Bonchev–Trinajstić information content (AvgIpc) is 2.54. The SMILES string of the molecule is CCCCCCCC/C=C\CCCCCCCCNCCC. The Balaban J connectivity index is 3.02. The van der Waals surface area contributed by atoms with Gasteiger partial charge in [0, 0.05) is 0 Å². The summed E-state index contributed by atoms with van der Waals surface area (Å²) in [7, 11) is 0. The predicted octanol–water partition coefficient (Wildman–Crippen LogP) is 7.02. The highest BCUT2D eigenvalue weighted by atomic mass is 14.8. The van der Waals surface area contributed by atoms with Crippen LogP contribution in [0.2, 0.25) is 0 Å². The molecule has 0 aromatic heterocycles. The van der Waals surface area contributed by atoms with E-state index < -0.39 is 0 Å². The van der Waals surface area contributed by atoms with Gasteiger partial charge in [-0.05, 0) is 51.6 Å². The van der Waals surface area contributed by atoms with Crippen molar-refractivity contribution in [1.29, 1.82) is 0 Å². The van der Waals surface area contributed by atoms with Gasteiger partial charge in [-0.25, -0.2) is 0 Å². The van der Waals surface area contributed by atoms with Crippen LogP contribution in [0, 0.1) is 0 Å². The number of hydrogen-bond donors (Lipinski definition) is 1. The van der Waals surface area contributed by atoms with Crippen LogP contribution in [0.15, 0.2) is 12.2 Å². The summed E-state index contributed by atoms with van der Waals surface area (Å²) in [6.07, 6.45) is 25.6. The Morgan fingerprint density at radius 3 is 1.55 bits per heavy atom. The lowest BCUT2D eigenvalue weighted by Gasteiger charge is -2.03. The van der Waals surface area contributed by atoms with Crippen LogP contribution in [-0.4, -0.2) is 13.1 Å². The molecule has 0 aliphatic carbocycles. The molecule has 0 bridgehead atoms. The highest BCUT2D eigenvalue weighted by Crippen LogP contribution is 2.09. The number of unbranched alkanes of at least 4 members (excludes halogenated alkanes) is 12. The van der Waals surface area contributed by atoms with Crippen LogP contribution in [-0.2, 0) is 0 Å². The molecule has 0 heterocycles. The van der Waals surface area contributed by atoms with Crippen LogP contribution >= 0.6 is 0 Å². The van der Waals surface area contributed by atoms with Crippen molar-refractivity contribution in [2.75, 3.05) is 13.1 Å². The Bertz CT molecular complexity index is 210. The number of rotatable bonds is 18. The van der Waals surface area contributed by atoms with Crippen LogP contribution in [0.4, 0.5) is 0 Å². The van der Waals surface area contributed by atoms with Crippen molar-refractivity contribution in [3.05, 3.63) is 12.2 Å². The monoisotopic (exact) mass is 309 g/mol.